The van der Waals surface area contributed by atoms with Crippen LogP contribution in [0.3, 0.4) is 0 Å². The van der Waals surface area contributed by atoms with Crippen molar-refractivity contribution in [2.45, 2.75) is 50.7 Å². The lowest BCUT2D eigenvalue weighted by atomic mass is 9.92. The van der Waals surface area contributed by atoms with Crippen LogP contribution < -0.4 is 5.32 Å². The van der Waals surface area contributed by atoms with Gasteiger partial charge in [-0.2, -0.15) is 5.10 Å². The summed E-state index contributed by atoms with van der Waals surface area (Å²) in [7, 11) is 0. The third-order valence-corrected chi connectivity index (χ3v) is 4.64. The fraction of sp³-hybridized carbons (Fsp3) is 0.786. The van der Waals surface area contributed by atoms with Crippen LogP contribution in [0.25, 0.3) is 0 Å². The summed E-state index contributed by atoms with van der Waals surface area (Å²) in [4.78, 5) is 2.64. The molecule has 2 fully saturated rings. The van der Waals surface area contributed by atoms with Gasteiger partial charge in [0.1, 0.15) is 0 Å². The first kappa shape index (κ1) is 12.2. The van der Waals surface area contributed by atoms with Crippen LogP contribution in [0, 0.1) is 0 Å². The highest BCUT2D eigenvalue weighted by molar-refractivity contribution is 5.00. The van der Waals surface area contributed by atoms with Gasteiger partial charge in [-0.05, 0) is 25.8 Å². The maximum absolute atomic E-state index is 4.29. The van der Waals surface area contributed by atoms with Crippen LogP contribution >= 0.6 is 0 Å². The molecule has 2 aliphatic rings. The summed E-state index contributed by atoms with van der Waals surface area (Å²) < 4.78 is 2.04. The number of hydrogen-bond donors (Lipinski definition) is 1. The SMILES string of the molecule is CC1CNC2(CCCC2)CN1CCn1cccn1. The van der Waals surface area contributed by atoms with Crippen molar-refractivity contribution in [1.29, 1.82) is 0 Å². The van der Waals surface area contributed by atoms with Gasteiger partial charge in [0.15, 0.2) is 0 Å². The summed E-state index contributed by atoms with van der Waals surface area (Å²) in [6.07, 6.45) is 9.43. The smallest absolute Gasteiger partial charge is 0.0536 e. The molecule has 1 N–H and O–H groups in total. The van der Waals surface area contributed by atoms with Gasteiger partial charge in [-0.3, -0.25) is 9.58 Å². The average molecular weight is 248 g/mol. The summed E-state index contributed by atoms with van der Waals surface area (Å²) in [6, 6.07) is 2.64. The molecule has 4 nitrogen and oxygen atoms in total. The van der Waals surface area contributed by atoms with E-state index in [4.69, 9.17) is 0 Å². The van der Waals surface area contributed by atoms with Crippen LogP contribution in [0.2, 0.25) is 0 Å². The third-order valence-electron chi connectivity index (χ3n) is 4.64. The molecular formula is C14H24N4. The van der Waals surface area contributed by atoms with Crippen molar-refractivity contribution in [3.8, 4) is 0 Å². The van der Waals surface area contributed by atoms with Crippen molar-refractivity contribution in [3.05, 3.63) is 18.5 Å². The summed E-state index contributed by atoms with van der Waals surface area (Å²) >= 11 is 0. The molecule has 0 amide bonds. The molecule has 1 atom stereocenters. The van der Waals surface area contributed by atoms with Crippen molar-refractivity contribution >= 4 is 0 Å². The van der Waals surface area contributed by atoms with E-state index in [1.54, 1.807) is 0 Å². The number of piperazine rings is 1. The van der Waals surface area contributed by atoms with Crippen molar-refractivity contribution in [3.63, 3.8) is 0 Å². The molecule has 1 spiro atoms. The minimum Gasteiger partial charge on any atom is -0.308 e. The quantitative estimate of drug-likeness (QED) is 0.880. The first-order valence-electron chi connectivity index (χ1n) is 7.24. The lowest BCUT2D eigenvalue weighted by molar-refractivity contribution is 0.0849. The molecular weight excluding hydrogens is 224 g/mol. The number of rotatable bonds is 3. The van der Waals surface area contributed by atoms with E-state index in [0.717, 1.165) is 19.6 Å². The summed E-state index contributed by atoms with van der Waals surface area (Å²) in [5.41, 5.74) is 0.427. The molecule has 1 aliphatic heterocycles. The number of nitrogens with one attached hydrogen (secondary N) is 1. The lowest BCUT2D eigenvalue weighted by Gasteiger charge is -2.45. The second-order valence-electron chi connectivity index (χ2n) is 5.96. The van der Waals surface area contributed by atoms with Crippen LogP contribution in [-0.4, -0.2) is 45.9 Å². The molecule has 1 saturated carbocycles. The number of hydrogen-bond acceptors (Lipinski definition) is 3. The lowest BCUT2D eigenvalue weighted by Crippen LogP contribution is -2.62. The van der Waals surface area contributed by atoms with Gasteiger partial charge in [-0.25, -0.2) is 0 Å². The Morgan fingerprint density at radius 3 is 2.89 bits per heavy atom. The third kappa shape index (κ3) is 2.45. The zero-order chi connectivity index (χ0) is 12.4. The van der Waals surface area contributed by atoms with Crippen molar-refractivity contribution < 1.29 is 0 Å². The van der Waals surface area contributed by atoms with Gasteiger partial charge in [0, 0.05) is 43.6 Å². The number of nitrogens with zero attached hydrogens (tertiary/aromatic N) is 3. The highest BCUT2D eigenvalue weighted by atomic mass is 15.3. The molecule has 0 radical (unpaired) electrons. The molecule has 0 bridgehead atoms. The first-order valence-corrected chi connectivity index (χ1v) is 7.24. The van der Waals surface area contributed by atoms with E-state index < -0.39 is 0 Å². The first-order chi connectivity index (χ1) is 8.77. The van der Waals surface area contributed by atoms with E-state index in [9.17, 15) is 0 Å². The Labute approximate surface area is 109 Å². The molecule has 1 saturated heterocycles. The Kier molecular flexibility index (Phi) is 3.39. The molecule has 3 rings (SSSR count). The van der Waals surface area contributed by atoms with E-state index in [2.05, 4.69) is 28.4 Å². The van der Waals surface area contributed by atoms with Crippen molar-refractivity contribution in [2.24, 2.45) is 0 Å². The predicted octanol–water partition coefficient (Wildman–Crippen LogP) is 1.49. The second kappa shape index (κ2) is 5.02. The van der Waals surface area contributed by atoms with Crippen molar-refractivity contribution in [1.82, 2.24) is 20.0 Å². The molecule has 0 aromatic carbocycles. The summed E-state index contributed by atoms with van der Waals surface area (Å²) in [5.74, 6) is 0. The zero-order valence-electron chi connectivity index (χ0n) is 11.3. The normalized spacial score (nSPS) is 27.9. The fourth-order valence-electron chi connectivity index (χ4n) is 3.44. The summed E-state index contributed by atoms with van der Waals surface area (Å²) in [5, 5.41) is 8.09. The van der Waals surface area contributed by atoms with E-state index in [0.29, 0.717) is 11.6 Å². The zero-order valence-corrected chi connectivity index (χ0v) is 11.3. The van der Waals surface area contributed by atoms with Gasteiger partial charge in [0.25, 0.3) is 0 Å². The van der Waals surface area contributed by atoms with Crippen LogP contribution in [0.5, 0.6) is 0 Å². The maximum Gasteiger partial charge on any atom is 0.0536 e. The monoisotopic (exact) mass is 248 g/mol. The van der Waals surface area contributed by atoms with Crippen molar-refractivity contribution in [2.75, 3.05) is 19.6 Å². The molecule has 2 heterocycles. The van der Waals surface area contributed by atoms with Gasteiger partial charge >= 0.3 is 0 Å². The molecule has 4 heteroatoms. The van der Waals surface area contributed by atoms with Gasteiger partial charge < -0.3 is 5.32 Å². The second-order valence-corrected chi connectivity index (χ2v) is 5.96. The molecule has 1 unspecified atom stereocenters. The minimum atomic E-state index is 0.427. The Balaban J connectivity index is 1.59. The number of aromatic nitrogens is 2. The largest absolute Gasteiger partial charge is 0.308 e. The molecule has 1 aliphatic carbocycles. The Bertz CT molecular complexity index is 367. The van der Waals surface area contributed by atoms with Crippen LogP contribution in [0.4, 0.5) is 0 Å². The van der Waals surface area contributed by atoms with Crippen LogP contribution in [0.1, 0.15) is 32.6 Å². The Hall–Kier alpha value is -0.870. The van der Waals surface area contributed by atoms with E-state index >= 15 is 0 Å². The molecule has 1 aromatic rings. The molecule has 100 valence electrons. The van der Waals surface area contributed by atoms with Gasteiger partial charge in [0.05, 0.1) is 6.54 Å². The van der Waals surface area contributed by atoms with E-state index in [-0.39, 0.29) is 0 Å². The van der Waals surface area contributed by atoms with Gasteiger partial charge in [0.2, 0.25) is 0 Å². The maximum atomic E-state index is 4.29. The topological polar surface area (TPSA) is 33.1 Å². The molecule has 18 heavy (non-hydrogen) atoms. The minimum absolute atomic E-state index is 0.427. The highest BCUT2D eigenvalue weighted by Gasteiger charge is 2.39. The van der Waals surface area contributed by atoms with Gasteiger partial charge in [-0.1, -0.05) is 12.8 Å². The standard InChI is InChI=1S/C14H24N4/c1-13-11-15-14(5-2-3-6-14)12-17(13)9-10-18-8-4-7-16-18/h4,7-8,13,15H,2-3,5-6,9-12H2,1H3. The fourth-order valence-corrected chi connectivity index (χ4v) is 3.44. The van der Waals surface area contributed by atoms with E-state index in [1.165, 1.54) is 32.2 Å². The Morgan fingerprint density at radius 1 is 1.33 bits per heavy atom. The van der Waals surface area contributed by atoms with E-state index in [1.807, 2.05) is 16.9 Å². The van der Waals surface area contributed by atoms with Crippen LogP contribution in [0.15, 0.2) is 18.5 Å². The molecule has 1 aromatic heterocycles. The van der Waals surface area contributed by atoms with Gasteiger partial charge in [-0.15, -0.1) is 0 Å². The predicted molar refractivity (Wildman–Crippen MR) is 72.5 cm³/mol. The summed E-state index contributed by atoms with van der Waals surface area (Å²) in [6.45, 7) is 6.81. The van der Waals surface area contributed by atoms with Crippen LogP contribution in [-0.2, 0) is 6.54 Å². The Morgan fingerprint density at radius 2 is 2.17 bits per heavy atom. The highest BCUT2D eigenvalue weighted by Crippen LogP contribution is 2.32. The average Bonchev–Trinajstić information content (AvgIpc) is 3.03.